The Morgan fingerprint density at radius 3 is 2.95 bits per heavy atom. The average Bonchev–Trinajstić information content (AvgIpc) is 2.83. The van der Waals surface area contributed by atoms with Gasteiger partial charge in [-0.25, -0.2) is 4.79 Å². The summed E-state index contributed by atoms with van der Waals surface area (Å²) < 4.78 is 0. The summed E-state index contributed by atoms with van der Waals surface area (Å²) in [6.07, 6.45) is 4.29. The van der Waals surface area contributed by atoms with Gasteiger partial charge in [-0.2, -0.15) is 0 Å². The monoisotopic (exact) mass is 267 g/mol. The molecule has 0 radical (unpaired) electrons. The zero-order chi connectivity index (χ0) is 13.8. The molecule has 0 spiro atoms. The Bertz CT molecular complexity index is 563. The number of carbonyl (C=O) groups excluding carboxylic acids is 1. The van der Waals surface area contributed by atoms with Crippen LogP contribution in [0.1, 0.15) is 36.0 Å². The van der Waals surface area contributed by atoms with Gasteiger partial charge in [0.05, 0.1) is 0 Å². The zero-order valence-electron chi connectivity index (χ0n) is 10.5. The highest BCUT2D eigenvalue weighted by Gasteiger charge is 2.30. The molecule has 1 aromatic heterocycles. The number of aliphatic hydroxyl groups excluding tert-OH is 1. The van der Waals surface area contributed by atoms with Crippen LogP contribution in [-0.2, 0) is 0 Å². The van der Waals surface area contributed by atoms with E-state index in [4.69, 9.17) is 5.11 Å². The van der Waals surface area contributed by atoms with Crippen LogP contribution in [0, 0.1) is 0 Å². The largest absolute Gasteiger partial charge is 0.396 e. The number of aromatic amines is 2. The van der Waals surface area contributed by atoms with Crippen LogP contribution in [0.5, 0.6) is 0 Å². The van der Waals surface area contributed by atoms with Crippen LogP contribution in [0.15, 0.2) is 15.8 Å². The number of carbonyl (C=O) groups is 1. The predicted octanol–water partition coefficient (Wildman–Crippen LogP) is -0.560. The van der Waals surface area contributed by atoms with Crippen molar-refractivity contribution < 1.29 is 9.90 Å². The van der Waals surface area contributed by atoms with Gasteiger partial charge in [-0.1, -0.05) is 0 Å². The third kappa shape index (κ3) is 2.93. The van der Waals surface area contributed by atoms with E-state index < -0.39 is 11.2 Å². The zero-order valence-corrected chi connectivity index (χ0v) is 10.5. The second-order valence-electron chi connectivity index (χ2n) is 4.65. The van der Waals surface area contributed by atoms with Crippen LogP contribution < -0.4 is 11.2 Å². The minimum Gasteiger partial charge on any atom is -0.396 e. The molecule has 2 rings (SSSR count). The van der Waals surface area contributed by atoms with Gasteiger partial charge in [0.25, 0.3) is 11.5 Å². The number of likely N-dealkylation sites (tertiary alicyclic amines) is 1. The van der Waals surface area contributed by atoms with Crippen molar-refractivity contribution in [1.82, 2.24) is 14.9 Å². The van der Waals surface area contributed by atoms with Crippen LogP contribution in [0.2, 0.25) is 0 Å². The lowest BCUT2D eigenvalue weighted by Gasteiger charge is -2.24. The molecule has 1 aromatic rings. The minimum absolute atomic E-state index is 0.0458. The molecule has 0 aromatic carbocycles. The molecule has 0 aliphatic carbocycles. The number of nitrogens with zero attached hydrogens (tertiary/aromatic N) is 1. The number of rotatable bonds is 4. The molecule has 7 heteroatoms. The van der Waals surface area contributed by atoms with Gasteiger partial charge in [-0.15, -0.1) is 0 Å². The summed E-state index contributed by atoms with van der Waals surface area (Å²) in [4.78, 5) is 40.8. The predicted molar refractivity (Wildman–Crippen MR) is 68.1 cm³/mol. The molecule has 1 aliphatic heterocycles. The maximum Gasteiger partial charge on any atom is 0.325 e. The van der Waals surface area contributed by atoms with Gasteiger partial charge < -0.3 is 15.0 Å². The SMILES string of the molecule is O=C(c1c[nH]c(=O)[nH]c1=O)N1CCCC1CCCO. The van der Waals surface area contributed by atoms with Crippen molar-refractivity contribution in [2.24, 2.45) is 0 Å². The van der Waals surface area contributed by atoms with E-state index in [0.717, 1.165) is 25.5 Å². The fourth-order valence-corrected chi connectivity index (χ4v) is 2.45. The van der Waals surface area contributed by atoms with Gasteiger partial charge in [0.15, 0.2) is 0 Å². The molecule has 0 saturated carbocycles. The maximum atomic E-state index is 12.3. The quantitative estimate of drug-likeness (QED) is 0.679. The highest BCUT2D eigenvalue weighted by Crippen LogP contribution is 2.22. The second kappa shape index (κ2) is 5.83. The summed E-state index contributed by atoms with van der Waals surface area (Å²) in [5.74, 6) is -0.363. The minimum atomic E-state index is -0.665. The van der Waals surface area contributed by atoms with E-state index in [1.807, 2.05) is 4.98 Å². The van der Waals surface area contributed by atoms with Crippen LogP contribution in [0.3, 0.4) is 0 Å². The third-order valence-corrected chi connectivity index (χ3v) is 3.38. The summed E-state index contributed by atoms with van der Waals surface area (Å²) in [6, 6.07) is 0.0611. The van der Waals surface area contributed by atoms with Gasteiger partial charge in [-0.05, 0) is 25.7 Å². The highest BCUT2D eigenvalue weighted by atomic mass is 16.3. The molecule has 1 fully saturated rings. The van der Waals surface area contributed by atoms with E-state index in [1.54, 1.807) is 4.90 Å². The topological polar surface area (TPSA) is 106 Å². The van der Waals surface area contributed by atoms with Crippen molar-refractivity contribution >= 4 is 5.91 Å². The molecule has 104 valence electrons. The standard InChI is InChI=1S/C12H17N3O4/c16-6-2-4-8-3-1-5-15(8)11(18)9-7-13-12(19)14-10(9)17/h7-8,16H,1-6H2,(H2,13,14,17,19). The van der Waals surface area contributed by atoms with E-state index in [0.29, 0.717) is 13.0 Å². The Labute approximate surface area is 109 Å². The van der Waals surface area contributed by atoms with Crippen LogP contribution in [0.4, 0.5) is 0 Å². The molecule has 7 nitrogen and oxygen atoms in total. The Morgan fingerprint density at radius 2 is 2.26 bits per heavy atom. The lowest BCUT2D eigenvalue weighted by molar-refractivity contribution is 0.0722. The summed E-state index contributed by atoms with van der Waals surface area (Å²) in [6.45, 7) is 0.700. The number of amides is 1. The van der Waals surface area contributed by atoms with Gasteiger partial charge in [0.2, 0.25) is 0 Å². The van der Waals surface area contributed by atoms with E-state index in [-0.39, 0.29) is 24.1 Å². The molecule has 0 bridgehead atoms. The Morgan fingerprint density at radius 1 is 1.47 bits per heavy atom. The van der Waals surface area contributed by atoms with Gasteiger partial charge in [0, 0.05) is 25.4 Å². The summed E-state index contributed by atoms with van der Waals surface area (Å²) in [7, 11) is 0. The van der Waals surface area contributed by atoms with Crippen molar-refractivity contribution in [3.05, 3.63) is 32.6 Å². The van der Waals surface area contributed by atoms with Crippen molar-refractivity contribution in [2.75, 3.05) is 13.2 Å². The highest BCUT2D eigenvalue weighted by molar-refractivity contribution is 5.93. The van der Waals surface area contributed by atoms with E-state index in [2.05, 4.69) is 4.98 Å². The van der Waals surface area contributed by atoms with Gasteiger partial charge in [0.1, 0.15) is 5.56 Å². The second-order valence-corrected chi connectivity index (χ2v) is 4.65. The molecule has 1 amide bonds. The molecule has 1 aliphatic rings. The number of H-pyrrole nitrogens is 2. The molecular formula is C12H17N3O4. The number of hydrogen-bond acceptors (Lipinski definition) is 4. The first-order valence-corrected chi connectivity index (χ1v) is 6.37. The van der Waals surface area contributed by atoms with Crippen molar-refractivity contribution in [3.63, 3.8) is 0 Å². The lowest BCUT2D eigenvalue weighted by Crippen LogP contribution is -2.39. The molecule has 1 saturated heterocycles. The average molecular weight is 267 g/mol. The molecule has 1 atom stereocenters. The van der Waals surface area contributed by atoms with E-state index in [9.17, 15) is 14.4 Å². The van der Waals surface area contributed by atoms with Crippen LogP contribution >= 0.6 is 0 Å². The molecule has 1 unspecified atom stereocenters. The summed E-state index contributed by atoms with van der Waals surface area (Å²) >= 11 is 0. The normalized spacial score (nSPS) is 18.8. The number of nitrogens with one attached hydrogen (secondary N) is 2. The summed E-state index contributed by atoms with van der Waals surface area (Å²) in [5.41, 5.74) is -1.34. The van der Waals surface area contributed by atoms with Crippen molar-refractivity contribution in [3.8, 4) is 0 Å². The van der Waals surface area contributed by atoms with Crippen molar-refractivity contribution in [2.45, 2.75) is 31.7 Å². The van der Waals surface area contributed by atoms with E-state index >= 15 is 0 Å². The smallest absolute Gasteiger partial charge is 0.325 e. The maximum absolute atomic E-state index is 12.3. The van der Waals surface area contributed by atoms with E-state index in [1.165, 1.54) is 0 Å². The fourth-order valence-electron chi connectivity index (χ4n) is 2.45. The Balaban J connectivity index is 2.18. The molecule has 2 heterocycles. The first-order chi connectivity index (χ1) is 9.13. The summed E-state index contributed by atoms with van der Waals surface area (Å²) in [5, 5.41) is 8.84. The Kier molecular flexibility index (Phi) is 4.16. The number of aromatic nitrogens is 2. The van der Waals surface area contributed by atoms with Crippen LogP contribution in [-0.4, -0.2) is 45.1 Å². The number of hydrogen-bond donors (Lipinski definition) is 3. The number of aliphatic hydroxyl groups is 1. The van der Waals surface area contributed by atoms with Crippen molar-refractivity contribution in [1.29, 1.82) is 0 Å². The molecule has 19 heavy (non-hydrogen) atoms. The van der Waals surface area contributed by atoms with Gasteiger partial charge in [-0.3, -0.25) is 14.6 Å². The first kappa shape index (κ1) is 13.5. The first-order valence-electron chi connectivity index (χ1n) is 6.37. The van der Waals surface area contributed by atoms with Crippen LogP contribution in [0.25, 0.3) is 0 Å². The third-order valence-electron chi connectivity index (χ3n) is 3.38. The Hall–Kier alpha value is -1.89. The fraction of sp³-hybridized carbons (Fsp3) is 0.583. The molecule has 3 N–H and O–H groups in total. The lowest BCUT2D eigenvalue weighted by atomic mass is 10.1. The molecular weight excluding hydrogens is 250 g/mol. The van der Waals surface area contributed by atoms with Gasteiger partial charge >= 0.3 is 5.69 Å².